The highest BCUT2D eigenvalue weighted by Gasteiger charge is 2.28. The van der Waals surface area contributed by atoms with Gasteiger partial charge in [-0.05, 0) is 25.3 Å². The highest BCUT2D eigenvalue weighted by atomic mass is 79.9. The van der Waals surface area contributed by atoms with Gasteiger partial charge in [-0.15, -0.1) is 0 Å². The van der Waals surface area contributed by atoms with Crippen molar-refractivity contribution in [2.75, 3.05) is 11.9 Å². The van der Waals surface area contributed by atoms with Gasteiger partial charge in [-0.1, -0.05) is 15.9 Å². The first kappa shape index (κ1) is 11.5. The monoisotopic (exact) mass is 283 g/mol. The van der Waals surface area contributed by atoms with Crippen LogP contribution >= 0.6 is 15.9 Å². The average Bonchev–Trinajstić information content (AvgIpc) is 2.26. The van der Waals surface area contributed by atoms with Crippen LogP contribution in [-0.2, 0) is 0 Å². The van der Waals surface area contributed by atoms with E-state index in [-0.39, 0.29) is 5.91 Å². The molecular formula is C11H14BrN3O. The van der Waals surface area contributed by atoms with E-state index in [9.17, 15) is 4.79 Å². The fourth-order valence-corrected chi connectivity index (χ4v) is 2.20. The maximum Gasteiger partial charge on any atom is 0.255 e. The van der Waals surface area contributed by atoms with Crippen LogP contribution < -0.4 is 0 Å². The van der Waals surface area contributed by atoms with Gasteiger partial charge in [0.2, 0.25) is 0 Å². The molecule has 4 nitrogen and oxygen atoms in total. The lowest BCUT2D eigenvalue weighted by Crippen LogP contribution is -2.45. The van der Waals surface area contributed by atoms with Crippen LogP contribution in [0.15, 0.2) is 18.5 Å². The molecule has 0 spiro atoms. The lowest BCUT2D eigenvalue weighted by atomic mass is 9.91. The SMILES string of the molecule is O=C(c1ccnnc1)N(CCBr)C1CCC1. The number of rotatable bonds is 4. The number of alkyl halides is 1. The first-order valence-corrected chi connectivity index (χ1v) is 6.58. The first-order chi connectivity index (χ1) is 7.83. The predicted octanol–water partition coefficient (Wildman–Crippen LogP) is 1.87. The molecule has 0 bridgehead atoms. The standard InChI is InChI=1S/C11H14BrN3O/c12-5-7-15(10-2-1-3-10)11(16)9-4-6-13-14-8-9/h4,6,8,10H,1-3,5,7H2. The molecule has 0 aromatic carbocycles. The van der Waals surface area contributed by atoms with Crippen LogP contribution in [0, 0.1) is 0 Å². The fraction of sp³-hybridized carbons (Fsp3) is 0.545. The van der Waals surface area contributed by atoms with Crippen molar-refractivity contribution in [2.45, 2.75) is 25.3 Å². The zero-order chi connectivity index (χ0) is 11.4. The summed E-state index contributed by atoms with van der Waals surface area (Å²) in [5, 5.41) is 8.24. The van der Waals surface area contributed by atoms with Gasteiger partial charge in [0.05, 0.1) is 18.0 Å². The maximum absolute atomic E-state index is 12.2. The van der Waals surface area contributed by atoms with Crippen LogP contribution in [0.5, 0.6) is 0 Å². The van der Waals surface area contributed by atoms with Crippen molar-refractivity contribution in [2.24, 2.45) is 0 Å². The van der Waals surface area contributed by atoms with Crippen molar-refractivity contribution < 1.29 is 4.79 Å². The summed E-state index contributed by atoms with van der Waals surface area (Å²) in [6, 6.07) is 2.13. The normalized spacial score (nSPS) is 15.6. The molecule has 1 aliphatic carbocycles. The molecule has 1 saturated carbocycles. The second-order valence-electron chi connectivity index (χ2n) is 3.90. The Bertz CT molecular complexity index is 354. The summed E-state index contributed by atoms with van der Waals surface area (Å²) in [6.45, 7) is 0.756. The van der Waals surface area contributed by atoms with Gasteiger partial charge in [0.1, 0.15) is 0 Å². The lowest BCUT2D eigenvalue weighted by Gasteiger charge is -2.37. The molecule has 1 fully saturated rings. The van der Waals surface area contributed by atoms with Gasteiger partial charge >= 0.3 is 0 Å². The van der Waals surface area contributed by atoms with Gasteiger partial charge in [-0.3, -0.25) is 4.79 Å². The molecule has 1 aromatic heterocycles. The molecule has 0 N–H and O–H groups in total. The second-order valence-corrected chi connectivity index (χ2v) is 4.70. The number of hydrogen-bond acceptors (Lipinski definition) is 3. The smallest absolute Gasteiger partial charge is 0.255 e. The highest BCUT2D eigenvalue weighted by Crippen LogP contribution is 2.26. The summed E-state index contributed by atoms with van der Waals surface area (Å²) in [6.07, 6.45) is 6.56. The maximum atomic E-state index is 12.2. The quantitative estimate of drug-likeness (QED) is 0.793. The Labute approximate surface area is 103 Å². The van der Waals surface area contributed by atoms with E-state index in [2.05, 4.69) is 26.1 Å². The number of halogens is 1. The van der Waals surface area contributed by atoms with E-state index in [0.717, 1.165) is 24.7 Å². The Hall–Kier alpha value is -0.970. The van der Waals surface area contributed by atoms with Crippen LogP contribution in [0.2, 0.25) is 0 Å². The van der Waals surface area contributed by atoms with Gasteiger partial charge < -0.3 is 4.90 Å². The topological polar surface area (TPSA) is 46.1 Å². The number of nitrogens with zero attached hydrogens (tertiary/aromatic N) is 3. The zero-order valence-electron chi connectivity index (χ0n) is 8.97. The molecule has 1 heterocycles. The third-order valence-electron chi connectivity index (χ3n) is 2.93. The van der Waals surface area contributed by atoms with Gasteiger partial charge in [-0.25, -0.2) is 0 Å². The van der Waals surface area contributed by atoms with Crippen molar-refractivity contribution in [3.8, 4) is 0 Å². The second kappa shape index (κ2) is 5.39. The zero-order valence-corrected chi connectivity index (χ0v) is 10.6. The Kier molecular flexibility index (Phi) is 3.88. The van der Waals surface area contributed by atoms with Crippen molar-refractivity contribution in [3.05, 3.63) is 24.0 Å². The number of amides is 1. The van der Waals surface area contributed by atoms with Crippen LogP contribution in [0.25, 0.3) is 0 Å². The van der Waals surface area contributed by atoms with Gasteiger partial charge in [0, 0.05) is 17.9 Å². The summed E-state index contributed by atoms with van der Waals surface area (Å²) in [5.41, 5.74) is 0.628. The van der Waals surface area contributed by atoms with E-state index in [4.69, 9.17) is 0 Å². The van der Waals surface area contributed by atoms with E-state index in [1.165, 1.54) is 12.6 Å². The summed E-state index contributed by atoms with van der Waals surface area (Å²) in [7, 11) is 0. The lowest BCUT2D eigenvalue weighted by molar-refractivity contribution is 0.0599. The van der Waals surface area contributed by atoms with E-state index >= 15 is 0 Å². The molecule has 5 heteroatoms. The summed E-state index contributed by atoms with van der Waals surface area (Å²) < 4.78 is 0. The molecule has 0 radical (unpaired) electrons. The van der Waals surface area contributed by atoms with E-state index in [0.29, 0.717) is 11.6 Å². The molecule has 1 amide bonds. The van der Waals surface area contributed by atoms with E-state index < -0.39 is 0 Å². The third kappa shape index (κ3) is 2.40. The van der Waals surface area contributed by atoms with Crippen LogP contribution in [0.3, 0.4) is 0 Å². The minimum absolute atomic E-state index is 0.0686. The predicted molar refractivity (Wildman–Crippen MR) is 64.5 cm³/mol. The Morgan fingerprint density at radius 2 is 2.31 bits per heavy atom. The minimum Gasteiger partial charge on any atom is -0.335 e. The first-order valence-electron chi connectivity index (χ1n) is 5.46. The van der Waals surface area contributed by atoms with Gasteiger partial charge in [-0.2, -0.15) is 10.2 Å². The molecule has 1 aromatic rings. The Balaban J connectivity index is 2.10. The Morgan fingerprint density at radius 1 is 1.50 bits per heavy atom. The number of carbonyl (C=O) groups is 1. The Morgan fingerprint density at radius 3 is 2.81 bits per heavy atom. The van der Waals surface area contributed by atoms with Crippen LogP contribution in [0.1, 0.15) is 29.6 Å². The van der Waals surface area contributed by atoms with Crippen molar-refractivity contribution >= 4 is 21.8 Å². The molecule has 0 unspecified atom stereocenters. The molecular weight excluding hydrogens is 270 g/mol. The fourth-order valence-electron chi connectivity index (χ4n) is 1.82. The molecule has 16 heavy (non-hydrogen) atoms. The summed E-state index contributed by atoms with van der Waals surface area (Å²) in [4.78, 5) is 14.1. The summed E-state index contributed by atoms with van der Waals surface area (Å²) in [5.74, 6) is 0.0686. The molecule has 2 rings (SSSR count). The highest BCUT2D eigenvalue weighted by molar-refractivity contribution is 9.09. The molecule has 86 valence electrons. The van der Waals surface area contributed by atoms with Gasteiger partial charge in [0.15, 0.2) is 0 Å². The van der Waals surface area contributed by atoms with Crippen molar-refractivity contribution in [1.29, 1.82) is 0 Å². The van der Waals surface area contributed by atoms with Crippen molar-refractivity contribution in [1.82, 2.24) is 15.1 Å². The minimum atomic E-state index is 0.0686. The van der Waals surface area contributed by atoms with Crippen LogP contribution in [0.4, 0.5) is 0 Å². The number of hydrogen-bond donors (Lipinski definition) is 0. The summed E-state index contributed by atoms with van der Waals surface area (Å²) >= 11 is 3.39. The van der Waals surface area contributed by atoms with E-state index in [1.807, 2.05) is 4.90 Å². The molecule has 0 aliphatic heterocycles. The number of carbonyl (C=O) groups excluding carboxylic acids is 1. The van der Waals surface area contributed by atoms with Crippen molar-refractivity contribution in [3.63, 3.8) is 0 Å². The van der Waals surface area contributed by atoms with Crippen LogP contribution in [-0.4, -0.2) is 38.9 Å². The molecule has 1 aliphatic rings. The molecule has 0 atom stereocenters. The number of aromatic nitrogens is 2. The van der Waals surface area contributed by atoms with Gasteiger partial charge in [0.25, 0.3) is 5.91 Å². The van der Waals surface area contributed by atoms with E-state index in [1.54, 1.807) is 12.3 Å². The molecule has 0 saturated heterocycles. The average molecular weight is 284 g/mol. The third-order valence-corrected chi connectivity index (χ3v) is 3.29. The largest absolute Gasteiger partial charge is 0.335 e.